The van der Waals surface area contributed by atoms with Crippen LogP contribution < -0.4 is 0 Å². The fourth-order valence-electron chi connectivity index (χ4n) is 1.17. The van der Waals surface area contributed by atoms with Crippen LogP contribution in [-0.2, 0) is 32.7 Å². The molecule has 0 amide bonds. The van der Waals surface area contributed by atoms with Gasteiger partial charge in [-0.3, -0.25) is 0 Å². The van der Waals surface area contributed by atoms with Crippen LogP contribution in [0.25, 0.3) is 0 Å². The zero-order chi connectivity index (χ0) is 6.15. The molecule has 1 fully saturated rings. The van der Waals surface area contributed by atoms with Gasteiger partial charge >= 0.3 is 0 Å². The van der Waals surface area contributed by atoms with E-state index in [4.69, 9.17) is 0 Å². The fourth-order valence-corrected chi connectivity index (χ4v) is 1.17. The quantitative estimate of drug-likeness (QED) is 0.523. The second-order valence-electron chi connectivity index (χ2n) is 2.74. The molecule has 0 aromatic carbocycles. The zero-order valence-electron chi connectivity index (χ0n) is 6.01. The van der Waals surface area contributed by atoms with Gasteiger partial charge in [0.1, 0.15) is 0 Å². The van der Waals surface area contributed by atoms with Crippen molar-refractivity contribution in [2.45, 2.75) is 0 Å². The van der Waals surface area contributed by atoms with Gasteiger partial charge in [0.05, 0.1) is 0 Å². The summed E-state index contributed by atoms with van der Waals surface area (Å²) in [5.41, 5.74) is 0. The molecule has 9 heavy (non-hydrogen) atoms. The summed E-state index contributed by atoms with van der Waals surface area (Å²) in [6.45, 7) is 10.2. The zero-order valence-corrected chi connectivity index (χ0v) is 8.85. The Kier molecular flexibility index (Phi) is 4.53. The first-order valence-corrected chi connectivity index (χ1v) is 3.05. The second kappa shape index (κ2) is 4.05. The minimum Gasteiger partial charge on any atom is -0.341 e. The summed E-state index contributed by atoms with van der Waals surface area (Å²) < 4.78 is 0. The van der Waals surface area contributed by atoms with Gasteiger partial charge in [-0.25, -0.2) is 0 Å². The van der Waals surface area contributed by atoms with Crippen molar-refractivity contribution < 1.29 is 32.7 Å². The molecule has 1 aliphatic heterocycles. The summed E-state index contributed by atoms with van der Waals surface area (Å²) in [6, 6.07) is 0. The molecule has 1 aliphatic rings. The van der Waals surface area contributed by atoms with E-state index in [2.05, 4.69) is 25.8 Å². The van der Waals surface area contributed by atoms with Crippen LogP contribution in [0.5, 0.6) is 0 Å². The maximum Gasteiger partial charge on any atom is 0 e. The summed E-state index contributed by atoms with van der Waals surface area (Å²) in [7, 11) is 2.11. The molecular formula is C7H13NY-2. The third kappa shape index (κ3) is 2.65. The maximum absolute atomic E-state index is 3.96. The van der Waals surface area contributed by atoms with Gasteiger partial charge in [-0.05, 0) is 20.1 Å². The molecule has 2 unspecified atom stereocenters. The van der Waals surface area contributed by atoms with Gasteiger partial charge in [0, 0.05) is 32.7 Å². The second-order valence-corrected chi connectivity index (χ2v) is 2.74. The molecule has 0 N–H and O–H groups in total. The van der Waals surface area contributed by atoms with Crippen LogP contribution in [0.3, 0.4) is 0 Å². The van der Waals surface area contributed by atoms with Gasteiger partial charge < -0.3 is 18.7 Å². The van der Waals surface area contributed by atoms with E-state index in [1.165, 1.54) is 0 Å². The van der Waals surface area contributed by atoms with Gasteiger partial charge in [-0.2, -0.15) is 11.8 Å². The minimum absolute atomic E-state index is 0. The Labute approximate surface area is 83.1 Å². The molecule has 1 nitrogen and oxygen atoms in total. The average Bonchev–Trinajstić information content (AvgIpc) is 1.85. The first kappa shape index (κ1) is 10.1. The summed E-state index contributed by atoms with van der Waals surface area (Å²) in [4.78, 5) is 2.27. The van der Waals surface area contributed by atoms with Crippen molar-refractivity contribution in [3.05, 3.63) is 13.8 Å². The van der Waals surface area contributed by atoms with Crippen LogP contribution in [-0.4, -0.2) is 25.0 Å². The topological polar surface area (TPSA) is 3.24 Å². The molecule has 2 heteroatoms. The third-order valence-corrected chi connectivity index (χ3v) is 1.76. The fraction of sp³-hybridized carbons (Fsp3) is 0.714. The van der Waals surface area contributed by atoms with E-state index in [-0.39, 0.29) is 32.7 Å². The van der Waals surface area contributed by atoms with Crippen LogP contribution in [0.4, 0.5) is 0 Å². The Balaban J connectivity index is 0.000000640. The van der Waals surface area contributed by atoms with Crippen molar-refractivity contribution >= 4 is 0 Å². The molecule has 1 heterocycles. The smallest absolute Gasteiger partial charge is 0 e. The van der Waals surface area contributed by atoms with Gasteiger partial charge in [0.15, 0.2) is 0 Å². The summed E-state index contributed by atoms with van der Waals surface area (Å²) >= 11 is 0. The van der Waals surface area contributed by atoms with Crippen molar-refractivity contribution in [1.29, 1.82) is 0 Å². The van der Waals surface area contributed by atoms with Crippen molar-refractivity contribution in [1.82, 2.24) is 4.90 Å². The van der Waals surface area contributed by atoms with Gasteiger partial charge in [0.25, 0.3) is 0 Å². The van der Waals surface area contributed by atoms with Crippen LogP contribution in [0, 0.1) is 25.7 Å². The number of hydrogen-bond donors (Lipinski definition) is 0. The van der Waals surface area contributed by atoms with Crippen molar-refractivity contribution in [2.24, 2.45) is 11.8 Å². The number of hydrogen-bond acceptors (Lipinski definition) is 1. The van der Waals surface area contributed by atoms with Gasteiger partial charge in [-0.1, -0.05) is 0 Å². The summed E-state index contributed by atoms with van der Waals surface area (Å²) in [5, 5.41) is 0. The molecule has 0 aromatic heterocycles. The molecule has 2 atom stereocenters. The van der Waals surface area contributed by atoms with Gasteiger partial charge in [-0.15, -0.1) is 0 Å². The molecule has 1 rings (SSSR count). The molecule has 0 aliphatic carbocycles. The van der Waals surface area contributed by atoms with Gasteiger partial charge in [0.2, 0.25) is 0 Å². The first-order chi connectivity index (χ1) is 3.70. The molecule has 0 bridgehead atoms. The van der Waals surface area contributed by atoms with Crippen molar-refractivity contribution in [3.8, 4) is 0 Å². The average molecular weight is 200 g/mol. The molecule has 0 spiro atoms. The Morgan fingerprint density at radius 3 is 1.67 bits per heavy atom. The monoisotopic (exact) mass is 200 g/mol. The summed E-state index contributed by atoms with van der Waals surface area (Å²) in [5.74, 6) is 1.11. The molecule has 51 valence electrons. The standard InChI is InChI=1S/C7H13N.Y/c1-6-4-8(3)5-7(6)2;/h6-7H,1-2,4-5H2,3H3;/q-2;. The SMILES string of the molecule is [CH2-]C1CN(C)CC1[CH2-].[Y]. The Morgan fingerprint density at radius 2 is 1.56 bits per heavy atom. The molecule has 0 aromatic rings. The third-order valence-electron chi connectivity index (χ3n) is 1.76. The van der Waals surface area contributed by atoms with Crippen LogP contribution in [0.2, 0.25) is 0 Å². The van der Waals surface area contributed by atoms with E-state index >= 15 is 0 Å². The molecule has 1 saturated heterocycles. The van der Waals surface area contributed by atoms with E-state index in [9.17, 15) is 0 Å². The largest absolute Gasteiger partial charge is 0.341 e. The Bertz CT molecular complexity index is 75.0. The molecular weight excluding hydrogens is 187 g/mol. The number of likely N-dealkylation sites (tertiary alicyclic amines) is 1. The van der Waals surface area contributed by atoms with E-state index in [1.807, 2.05) is 0 Å². The predicted molar refractivity (Wildman–Crippen MR) is 35.2 cm³/mol. The van der Waals surface area contributed by atoms with E-state index in [0.717, 1.165) is 13.1 Å². The maximum atomic E-state index is 3.96. The molecule has 0 saturated carbocycles. The van der Waals surface area contributed by atoms with Crippen LogP contribution >= 0.6 is 0 Å². The predicted octanol–water partition coefficient (Wildman–Crippen LogP) is 0.830. The number of rotatable bonds is 0. The molecule has 1 radical (unpaired) electrons. The van der Waals surface area contributed by atoms with Crippen LogP contribution in [0.15, 0.2) is 0 Å². The van der Waals surface area contributed by atoms with Crippen LogP contribution in [0.1, 0.15) is 0 Å². The number of nitrogens with zero attached hydrogens (tertiary/aromatic N) is 1. The van der Waals surface area contributed by atoms with E-state index < -0.39 is 0 Å². The van der Waals surface area contributed by atoms with E-state index in [1.54, 1.807) is 0 Å². The Hall–Kier alpha value is 1.06. The van der Waals surface area contributed by atoms with E-state index in [0.29, 0.717) is 11.8 Å². The summed E-state index contributed by atoms with van der Waals surface area (Å²) in [6.07, 6.45) is 0. The minimum atomic E-state index is 0. The normalized spacial score (nSPS) is 36.3. The Morgan fingerprint density at radius 1 is 1.22 bits per heavy atom. The first-order valence-electron chi connectivity index (χ1n) is 3.05. The van der Waals surface area contributed by atoms with Crippen molar-refractivity contribution in [3.63, 3.8) is 0 Å². The van der Waals surface area contributed by atoms with Crippen molar-refractivity contribution in [2.75, 3.05) is 20.1 Å².